The Morgan fingerprint density at radius 1 is 1.22 bits per heavy atom. The van der Waals surface area contributed by atoms with Crippen LogP contribution in [-0.2, 0) is 6.61 Å². The van der Waals surface area contributed by atoms with Crippen LogP contribution in [0.15, 0.2) is 65.4 Å². The number of ether oxygens (including phenoxy) is 1. The van der Waals surface area contributed by atoms with Crippen molar-refractivity contribution in [3.05, 3.63) is 87.7 Å². The van der Waals surface area contributed by atoms with Crippen LogP contribution in [0.25, 0.3) is 5.57 Å². The quantitative estimate of drug-likeness (QED) is 0.470. The molecule has 0 amide bonds. The monoisotopic (exact) mass is 518 g/mol. The number of halogens is 1. The number of nitrogens with zero attached hydrogens (tertiary/aromatic N) is 2. The molecule has 37 heavy (non-hydrogen) atoms. The summed E-state index contributed by atoms with van der Waals surface area (Å²) in [7, 11) is 0. The average molecular weight is 519 g/mol. The zero-order valence-corrected chi connectivity index (χ0v) is 22.6. The van der Waals surface area contributed by atoms with E-state index in [0.29, 0.717) is 18.6 Å². The van der Waals surface area contributed by atoms with E-state index >= 15 is 0 Å². The normalized spacial score (nSPS) is 24.3. The zero-order chi connectivity index (χ0) is 26.2. The Balaban J connectivity index is 1.37. The van der Waals surface area contributed by atoms with Crippen molar-refractivity contribution < 1.29 is 14.6 Å². The third-order valence-corrected chi connectivity index (χ3v) is 8.49. The van der Waals surface area contributed by atoms with Gasteiger partial charge in [-0.2, -0.15) is 0 Å². The molecule has 2 aromatic rings. The summed E-state index contributed by atoms with van der Waals surface area (Å²) < 4.78 is 6.08. The highest BCUT2D eigenvalue weighted by molar-refractivity contribution is 6.29. The predicted octanol–water partition coefficient (Wildman–Crippen LogP) is 6.30. The van der Waals surface area contributed by atoms with Gasteiger partial charge in [0.05, 0.1) is 11.3 Å². The first kappa shape index (κ1) is 25.9. The van der Waals surface area contributed by atoms with Gasteiger partial charge in [-0.3, -0.25) is 9.78 Å². The Bertz CT molecular complexity index is 1310. The van der Waals surface area contributed by atoms with E-state index in [4.69, 9.17) is 16.3 Å². The molecule has 6 heteroatoms. The van der Waals surface area contributed by atoms with Gasteiger partial charge in [0.1, 0.15) is 12.4 Å². The summed E-state index contributed by atoms with van der Waals surface area (Å²) in [5.74, 6) is 0.806. The minimum Gasteiger partial charge on any atom is -0.487 e. The molecule has 0 spiro atoms. The van der Waals surface area contributed by atoms with E-state index in [1.165, 1.54) is 0 Å². The van der Waals surface area contributed by atoms with Crippen molar-refractivity contribution in [3.8, 4) is 5.75 Å². The number of aromatic nitrogens is 1. The van der Waals surface area contributed by atoms with E-state index in [1.54, 1.807) is 13.1 Å². The lowest BCUT2D eigenvalue weighted by Gasteiger charge is -2.52. The maximum Gasteiger partial charge on any atom is 0.159 e. The Labute approximate surface area is 224 Å². The van der Waals surface area contributed by atoms with Crippen molar-refractivity contribution in [2.75, 3.05) is 19.6 Å². The molecule has 1 saturated heterocycles. The highest BCUT2D eigenvalue weighted by Crippen LogP contribution is 2.46. The lowest BCUT2D eigenvalue weighted by molar-refractivity contribution is -0.0930. The fourth-order valence-corrected chi connectivity index (χ4v) is 6.11. The zero-order valence-electron chi connectivity index (χ0n) is 21.9. The molecule has 1 fully saturated rings. The SMILES string of the molecule is CC(=O)c1ccc2c(c1)/C(=C/CCN1CCC(O)(C3=CC=C(Cl)CC3)C(C)(C)C1)c1cccnc1CO2. The number of piperidine rings is 1. The van der Waals surface area contributed by atoms with Crippen LogP contribution >= 0.6 is 11.6 Å². The molecule has 1 aromatic heterocycles. The molecule has 0 radical (unpaired) electrons. The van der Waals surface area contributed by atoms with Crippen LogP contribution in [0.5, 0.6) is 5.75 Å². The fourth-order valence-electron chi connectivity index (χ4n) is 5.96. The van der Waals surface area contributed by atoms with Crippen LogP contribution in [0.4, 0.5) is 0 Å². The van der Waals surface area contributed by atoms with Crippen LogP contribution in [-0.4, -0.2) is 46.0 Å². The summed E-state index contributed by atoms with van der Waals surface area (Å²) >= 11 is 6.17. The number of ketones is 1. The van der Waals surface area contributed by atoms with Gasteiger partial charge < -0.3 is 14.7 Å². The number of hydrogen-bond acceptors (Lipinski definition) is 5. The number of benzene rings is 1. The molecular formula is C31H35ClN2O3. The van der Waals surface area contributed by atoms with Gasteiger partial charge >= 0.3 is 0 Å². The van der Waals surface area contributed by atoms with Crippen molar-refractivity contribution in [1.82, 2.24) is 9.88 Å². The van der Waals surface area contributed by atoms with Crippen molar-refractivity contribution in [2.24, 2.45) is 5.41 Å². The Hall–Kier alpha value is -2.73. The predicted molar refractivity (Wildman–Crippen MR) is 148 cm³/mol. The van der Waals surface area contributed by atoms with Crippen LogP contribution in [0, 0.1) is 5.41 Å². The molecule has 1 unspecified atom stereocenters. The molecule has 3 aliphatic rings. The maximum absolute atomic E-state index is 12.1. The Kier molecular flexibility index (Phi) is 7.14. The molecule has 3 heterocycles. The number of fused-ring (bicyclic) bond motifs is 2. The molecule has 5 rings (SSSR count). The number of carbonyl (C=O) groups is 1. The second kappa shape index (κ2) is 10.2. The van der Waals surface area contributed by atoms with Gasteiger partial charge in [-0.25, -0.2) is 0 Å². The van der Waals surface area contributed by atoms with E-state index in [9.17, 15) is 9.90 Å². The molecular weight excluding hydrogens is 484 g/mol. The summed E-state index contributed by atoms with van der Waals surface area (Å²) in [5, 5.41) is 12.6. The molecule has 5 nitrogen and oxygen atoms in total. The minimum atomic E-state index is -0.818. The van der Waals surface area contributed by atoms with Crippen molar-refractivity contribution in [3.63, 3.8) is 0 Å². The van der Waals surface area contributed by atoms with Crippen LogP contribution in [0.1, 0.15) is 73.6 Å². The van der Waals surface area contributed by atoms with Crippen LogP contribution in [0.3, 0.4) is 0 Å². The number of Topliss-reactive ketones (excluding diaryl/α,β-unsaturated/α-hetero) is 1. The van der Waals surface area contributed by atoms with Gasteiger partial charge in [0.15, 0.2) is 5.78 Å². The van der Waals surface area contributed by atoms with Gasteiger partial charge in [0.2, 0.25) is 0 Å². The van der Waals surface area contributed by atoms with Gasteiger partial charge in [-0.15, -0.1) is 0 Å². The highest BCUT2D eigenvalue weighted by Gasteiger charge is 2.49. The summed E-state index contributed by atoms with van der Waals surface area (Å²) in [6, 6.07) is 9.68. The van der Waals surface area contributed by atoms with Crippen molar-refractivity contribution in [1.29, 1.82) is 0 Å². The summed E-state index contributed by atoms with van der Waals surface area (Å²) in [5.41, 5.74) is 4.61. The molecule has 0 bridgehead atoms. The molecule has 1 aromatic carbocycles. The maximum atomic E-state index is 12.1. The third kappa shape index (κ3) is 5.05. The number of carbonyl (C=O) groups excluding carboxylic acids is 1. The molecule has 1 N–H and O–H groups in total. The lowest BCUT2D eigenvalue weighted by Crippen LogP contribution is -2.58. The number of likely N-dealkylation sites (tertiary alicyclic amines) is 1. The first-order valence-corrected chi connectivity index (χ1v) is 13.5. The lowest BCUT2D eigenvalue weighted by atomic mass is 9.65. The number of rotatable bonds is 5. The minimum absolute atomic E-state index is 0.0340. The van der Waals surface area contributed by atoms with Gasteiger partial charge in [0, 0.05) is 53.0 Å². The standard InChI is InChI=1S/C31H35ClN2O3/c1-21(35)22-8-13-29-27(18-22)25(26-6-4-15-33-28(26)19-37-29)7-5-16-34-17-14-31(36,30(2,3)20-34)23-9-11-24(32)12-10-23/h4,6-9,11,13,15,18,36H,5,10,12,14,16-17,19-20H2,1-3H3/b25-7+. The number of hydrogen-bond donors (Lipinski definition) is 1. The first-order chi connectivity index (χ1) is 17.7. The highest BCUT2D eigenvalue weighted by atomic mass is 35.5. The van der Waals surface area contributed by atoms with E-state index in [1.807, 2.05) is 36.4 Å². The van der Waals surface area contributed by atoms with Crippen LogP contribution in [0.2, 0.25) is 0 Å². The van der Waals surface area contributed by atoms with E-state index in [0.717, 1.165) is 77.6 Å². The third-order valence-electron chi connectivity index (χ3n) is 8.17. The van der Waals surface area contributed by atoms with Crippen molar-refractivity contribution >= 4 is 23.0 Å². The molecule has 1 atom stereocenters. The Morgan fingerprint density at radius 3 is 2.78 bits per heavy atom. The summed E-state index contributed by atoms with van der Waals surface area (Å²) in [4.78, 5) is 19.1. The van der Waals surface area contributed by atoms with Gasteiger partial charge in [-0.05, 0) is 74.1 Å². The Morgan fingerprint density at radius 2 is 2.05 bits per heavy atom. The van der Waals surface area contributed by atoms with E-state index in [-0.39, 0.29) is 11.2 Å². The molecule has 2 aliphatic heterocycles. The number of pyridine rings is 1. The molecule has 1 aliphatic carbocycles. The van der Waals surface area contributed by atoms with Crippen LogP contribution < -0.4 is 4.74 Å². The largest absolute Gasteiger partial charge is 0.487 e. The smallest absolute Gasteiger partial charge is 0.159 e. The summed E-state index contributed by atoms with van der Waals surface area (Å²) in [6.07, 6.45) is 11.2. The molecule has 194 valence electrons. The van der Waals surface area contributed by atoms with E-state index in [2.05, 4.69) is 35.9 Å². The average Bonchev–Trinajstić information content (AvgIpc) is 3.03. The fraction of sp³-hybridized carbons (Fsp3) is 0.419. The summed E-state index contributed by atoms with van der Waals surface area (Å²) in [6.45, 7) is 8.86. The number of aliphatic hydroxyl groups is 1. The van der Waals surface area contributed by atoms with Gasteiger partial charge in [0.25, 0.3) is 0 Å². The van der Waals surface area contributed by atoms with E-state index < -0.39 is 5.60 Å². The second-order valence-electron chi connectivity index (χ2n) is 11.0. The molecule has 0 saturated carbocycles. The van der Waals surface area contributed by atoms with Crippen molar-refractivity contribution in [2.45, 2.75) is 58.7 Å². The topological polar surface area (TPSA) is 62.7 Å². The second-order valence-corrected chi connectivity index (χ2v) is 11.5. The van der Waals surface area contributed by atoms with Gasteiger partial charge in [-0.1, -0.05) is 43.7 Å². The first-order valence-electron chi connectivity index (χ1n) is 13.1. The number of allylic oxidation sites excluding steroid dienone is 3.